The van der Waals surface area contributed by atoms with E-state index >= 15 is 0 Å². The number of piperidine rings is 1. The molecular formula is C16H19N3O4. The standard InChI is InChI=1S/C16H19N3O4/c17-16(22)11-5-7-18(8-6-11)14(20)9-19-12-3-1-2-4-13(12)23-10-15(19)21/h1-4,11H,5-10H2,(H2,17,22). The Kier molecular flexibility index (Phi) is 4.18. The minimum absolute atomic E-state index is 0.0134. The molecule has 0 spiro atoms. The van der Waals surface area contributed by atoms with E-state index in [4.69, 9.17) is 10.5 Å². The van der Waals surface area contributed by atoms with Crippen LogP contribution in [0.4, 0.5) is 5.69 Å². The maximum absolute atomic E-state index is 12.5. The maximum atomic E-state index is 12.5. The molecule has 0 unspecified atom stereocenters. The molecule has 1 saturated heterocycles. The first-order valence-electron chi connectivity index (χ1n) is 7.65. The number of nitrogens with zero attached hydrogens (tertiary/aromatic N) is 2. The molecule has 1 aromatic carbocycles. The molecule has 2 aliphatic rings. The predicted molar refractivity (Wildman–Crippen MR) is 82.8 cm³/mol. The monoisotopic (exact) mass is 317 g/mol. The van der Waals surface area contributed by atoms with E-state index < -0.39 is 0 Å². The van der Waals surface area contributed by atoms with E-state index in [-0.39, 0.29) is 36.8 Å². The first-order chi connectivity index (χ1) is 11.1. The molecule has 0 aliphatic carbocycles. The predicted octanol–water partition coefficient (Wildman–Crippen LogP) is 0.136. The highest BCUT2D eigenvalue weighted by atomic mass is 16.5. The average Bonchev–Trinajstić information content (AvgIpc) is 2.57. The van der Waals surface area contributed by atoms with Crippen LogP contribution in [0.5, 0.6) is 5.75 Å². The molecule has 0 atom stereocenters. The van der Waals surface area contributed by atoms with Crippen molar-refractivity contribution in [1.82, 2.24) is 4.90 Å². The molecular weight excluding hydrogens is 298 g/mol. The molecule has 0 saturated carbocycles. The summed E-state index contributed by atoms with van der Waals surface area (Å²) in [6.45, 7) is 0.910. The highest BCUT2D eigenvalue weighted by Gasteiger charge is 2.31. The van der Waals surface area contributed by atoms with Crippen molar-refractivity contribution in [2.45, 2.75) is 12.8 Å². The number of nitrogens with two attached hydrogens (primary N) is 1. The lowest BCUT2D eigenvalue weighted by Crippen LogP contribution is -2.49. The summed E-state index contributed by atoms with van der Waals surface area (Å²) in [6, 6.07) is 7.16. The fraction of sp³-hybridized carbons (Fsp3) is 0.438. The minimum atomic E-state index is -0.311. The third-order valence-corrected chi connectivity index (χ3v) is 4.35. The van der Waals surface area contributed by atoms with Crippen molar-refractivity contribution in [2.24, 2.45) is 11.7 Å². The van der Waals surface area contributed by atoms with Gasteiger partial charge in [0.05, 0.1) is 5.69 Å². The summed E-state index contributed by atoms with van der Waals surface area (Å²) >= 11 is 0. The van der Waals surface area contributed by atoms with Crippen LogP contribution in [0.15, 0.2) is 24.3 Å². The molecule has 2 aliphatic heterocycles. The van der Waals surface area contributed by atoms with Gasteiger partial charge in [0.1, 0.15) is 12.3 Å². The number of ether oxygens (including phenoxy) is 1. The van der Waals surface area contributed by atoms with Crippen LogP contribution in [-0.2, 0) is 14.4 Å². The van der Waals surface area contributed by atoms with Crippen LogP contribution in [0.25, 0.3) is 0 Å². The van der Waals surface area contributed by atoms with Gasteiger partial charge in [0.2, 0.25) is 11.8 Å². The van der Waals surface area contributed by atoms with Gasteiger partial charge >= 0.3 is 0 Å². The van der Waals surface area contributed by atoms with Crippen molar-refractivity contribution >= 4 is 23.4 Å². The molecule has 2 N–H and O–H groups in total. The Morgan fingerprint density at radius 2 is 1.91 bits per heavy atom. The van der Waals surface area contributed by atoms with E-state index in [9.17, 15) is 14.4 Å². The number of benzene rings is 1. The van der Waals surface area contributed by atoms with Gasteiger partial charge in [-0.05, 0) is 25.0 Å². The van der Waals surface area contributed by atoms with E-state index in [1.807, 2.05) is 6.07 Å². The van der Waals surface area contributed by atoms with E-state index in [1.165, 1.54) is 4.90 Å². The summed E-state index contributed by atoms with van der Waals surface area (Å²) < 4.78 is 5.37. The van der Waals surface area contributed by atoms with Crippen LogP contribution in [0, 0.1) is 5.92 Å². The zero-order valence-corrected chi connectivity index (χ0v) is 12.7. The van der Waals surface area contributed by atoms with Gasteiger partial charge in [-0.2, -0.15) is 0 Å². The Hall–Kier alpha value is -2.57. The lowest BCUT2D eigenvalue weighted by molar-refractivity contribution is -0.134. The Morgan fingerprint density at radius 3 is 2.61 bits per heavy atom. The molecule has 2 heterocycles. The Bertz CT molecular complexity index is 638. The number of carbonyl (C=O) groups excluding carboxylic acids is 3. The number of fused-ring (bicyclic) bond motifs is 1. The van der Waals surface area contributed by atoms with Gasteiger partial charge in [0.25, 0.3) is 5.91 Å². The molecule has 3 rings (SSSR count). The van der Waals surface area contributed by atoms with Gasteiger partial charge in [-0.25, -0.2) is 0 Å². The maximum Gasteiger partial charge on any atom is 0.265 e. The minimum Gasteiger partial charge on any atom is -0.482 e. The van der Waals surface area contributed by atoms with Crippen LogP contribution < -0.4 is 15.4 Å². The van der Waals surface area contributed by atoms with Gasteiger partial charge < -0.3 is 15.4 Å². The summed E-state index contributed by atoms with van der Waals surface area (Å²) in [5.41, 5.74) is 5.92. The van der Waals surface area contributed by atoms with Crippen molar-refractivity contribution in [2.75, 3.05) is 31.1 Å². The van der Waals surface area contributed by atoms with Crippen LogP contribution in [0.2, 0.25) is 0 Å². The summed E-state index contributed by atoms with van der Waals surface area (Å²) in [5.74, 6) is -0.228. The molecule has 1 aromatic rings. The first-order valence-corrected chi connectivity index (χ1v) is 7.65. The van der Waals surface area contributed by atoms with Crippen molar-refractivity contribution < 1.29 is 19.1 Å². The molecule has 3 amide bonds. The number of likely N-dealkylation sites (tertiary alicyclic amines) is 1. The van der Waals surface area contributed by atoms with Gasteiger partial charge in [-0.3, -0.25) is 19.3 Å². The third kappa shape index (κ3) is 3.13. The normalized spacial score (nSPS) is 18.3. The zero-order valence-electron chi connectivity index (χ0n) is 12.7. The van der Waals surface area contributed by atoms with Gasteiger partial charge in [-0.1, -0.05) is 12.1 Å². The lowest BCUT2D eigenvalue weighted by atomic mass is 9.96. The second-order valence-electron chi connectivity index (χ2n) is 5.79. The van der Waals surface area contributed by atoms with Crippen molar-refractivity contribution in [1.29, 1.82) is 0 Å². The van der Waals surface area contributed by atoms with Crippen LogP contribution in [0.1, 0.15) is 12.8 Å². The highest BCUT2D eigenvalue weighted by Crippen LogP contribution is 2.31. The molecule has 23 heavy (non-hydrogen) atoms. The number of primary amides is 1. The zero-order chi connectivity index (χ0) is 16.4. The quantitative estimate of drug-likeness (QED) is 0.858. The summed E-state index contributed by atoms with van der Waals surface area (Å²) in [6.07, 6.45) is 1.16. The van der Waals surface area contributed by atoms with Gasteiger partial charge in [-0.15, -0.1) is 0 Å². The fourth-order valence-corrected chi connectivity index (χ4v) is 2.98. The number of hydrogen-bond donors (Lipinski definition) is 1. The highest BCUT2D eigenvalue weighted by molar-refractivity contribution is 6.02. The summed E-state index contributed by atoms with van der Waals surface area (Å²) in [7, 11) is 0. The second kappa shape index (κ2) is 6.28. The average molecular weight is 317 g/mol. The second-order valence-corrected chi connectivity index (χ2v) is 5.79. The smallest absolute Gasteiger partial charge is 0.265 e. The number of para-hydroxylation sites is 2. The van der Waals surface area contributed by atoms with Crippen LogP contribution in [-0.4, -0.2) is 48.9 Å². The largest absolute Gasteiger partial charge is 0.482 e. The molecule has 0 bridgehead atoms. The molecule has 1 fully saturated rings. The van der Waals surface area contributed by atoms with Gasteiger partial charge in [0.15, 0.2) is 6.61 Å². The number of rotatable bonds is 3. The van der Waals surface area contributed by atoms with E-state index in [0.717, 1.165) is 0 Å². The lowest BCUT2D eigenvalue weighted by Gasteiger charge is -2.34. The number of hydrogen-bond acceptors (Lipinski definition) is 4. The van der Waals surface area contributed by atoms with Crippen molar-refractivity contribution in [3.63, 3.8) is 0 Å². The van der Waals surface area contributed by atoms with Crippen molar-refractivity contribution in [3.05, 3.63) is 24.3 Å². The number of amides is 3. The van der Waals surface area contributed by atoms with Gasteiger partial charge in [0, 0.05) is 19.0 Å². The SMILES string of the molecule is NC(=O)C1CCN(C(=O)CN2C(=O)COc3ccccc32)CC1. The fourth-order valence-electron chi connectivity index (χ4n) is 2.98. The topological polar surface area (TPSA) is 92.9 Å². The van der Waals surface area contributed by atoms with E-state index in [1.54, 1.807) is 23.1 Å². The first kappa shape index (κ1) is 15.3. The molecule has 0 radical (unpaired) electrons. The van der Waals surface area contributed by atoms with E-state index in [0.29, 0.717) is 37.4 Å². The van der Waals surface area contributed by atoms with Crippen LogP contribution >= 0.6 is 0 Å². The Balaban J connectivity index is 1.66. The molecule has 7 nitrogen and oxygen atoms in total. The Labute approximate surface area is 134 Å². The number of anilines is 1. The molecule has 0 aromatic heterocycles. The third-order valence-electron chi connectivity index (χ3n) is 4.35. The molecule has 7 heteroatoms. The van der Waals surface area contributed by atoms with Crippen molar-refractivity contribution in [3.8, 4) is 5.75 Å². The number of carbonyl (C=O) groups is 3. The molecule has 122 valence electrons. The Morgan fingerprint density at radius 1 is 1.22 bits per heavy atom. The van der Waals surface area contributed by atoms with Crippen LogP contribution in [0.3, 0.4) is 0 Å². The van der Waals surface area contributed by atoms with E-state index in [2.05, 4.69) is 0 Å². The summed E-state index contributed by atoms with van der Waals surface area (Å²) in [4.78, 5) is 38.9. The summed E-state index contributed by atoms with van der Waals surface area (Å²) in [5, 5.41) is 0.